The van der Waals surface area contributed by atoms with Crippen molar-refractivity contribution in [3.8, 4) is 11.1 Å². The second-order valence-electron chi connectivity index (χ2n) is 11.1. The van der Waals surface area contributed by atoms with Crippen molar-refractivity contribution in [2.24, 2.45) is 25.6 Å². The minimum absolute atomic E-state index is 0. The van der Waals surface area contributed by atoms with Crippen molar-refractivity contribution >= 4 is 83.3 Å². The molecule has 0 aromatic heterocycles. The molecule has 5 aromatic carbocycles. The summed E-state index contributed by atoms with van der Waals surface area (Å²) >= 11 is 0. The minimum Gasteiger partial charge on any atom is -0.744 e. The predicted octanol–water partition coefficient (Wildman–Crippen LogP) is 0.394. The number of nitrogens with zero attached hydrogens (tertiary/aromatic N) is 5. The van der Waals surface area contributed by atoms with Crippen LogP contribution in [0.25, 0.3) is 17.2 Å². The van der Waals surface area contributed by atoms with Crippen molar-refractivity contribution in [1.82, 2.24) is 0 Å². The van der Waals surface area contributed by atoms with Crippen molar-refractivity contribution in [2.45, 2.75) is 4.90 Å². The Balaban J connectivity index is 0.00000325. The van der Waals surface area contributed by atoms with Crippen LogP contribution >= 0.6 is 0 Å². The monoisotopic (exact) mass is 781 g/mol. The second kappa shape index (κ2) is 17.2. The van der Waals surface area contributed by atoms with Gasteiger partial charge in [0.2, 0.25) is 5.78 Å². The van der Waals surface area contributed by atoms with Gasteiger partial charge in [0, 0.05) is 5.69 Å². The fraction of sp³-hybridized carbons (Fsp3) is 0. The summed E-state index contributed by atoms with van der Waals surface area (Å²) in [5, 5.41) is 20.1. The van der Waals surface area contributed by atoms with Gasteiger partial charge in [-0.05, 0) is 83.4 Å². The van der Waals surface area contributed by atoms with Crippen LogP contribution in [-0.2, 0) is 20.2 Å². The first kappa shape index (κ1) is 42.1. The average Bonchev–Trinajstić information content (AvgIpc) is 3.10. The number of carbonyl (C=O) groups is 1. The van der Waals surface area contributed by atoms with E-state index < -0.39 is 64.0 Å². The Morgan fingerprint density at radius 2 is 1.22 bits per heavy atom. The first-order chi connectivity index (χ1) is 24.7. The third-order valence-corrected chi connectivity index (χ3v) is 9.26. The molecule has 0 saturated heterocycles. The maximum Gasteiger partial charge on any atom is 1.00 e. The number of nitrogens with two attached hydrogens (primary N) is 3. The number of hydrazone groups is 1. The van der Waals surface area contributed by atoms with Crippen LogP contribution in [0.15, 0.2) is 138 Å². The molecule has 6 rings (SSSR count). The van der Waals surface area contributed by atoms with E-state index in [0.29, 0.717) is 34.5 Å². The normalized spacial score (nSPS) is 13.6. The zero-order valence-electron chi connectivity index (χ0n) is 28.5. The van der Waals surface area contributed by atoms with Crippen molar-refractivity contribution in [3.63, 3.8) is 0 Å². The molecule has 5 aromatic rings. The van der Waals surface area contributed by atoms with E-state index in [0.717, 1.165) is 17.2 Å². The number of nitrogen functional groups attached to an aromatic ring is 3. The number of allylic oxidation sites excluding steroid dienone is 1. The van der Waals surface area contributed by atoms with Crippen molar-refractivity contribution in [1.29, 1.82) is 0 Å². The molecule has 262 valence electrons. The molecular formula is C34H25N9Na2O7S2. The third-order valence-electron chi connectivity index (χ3n) is 7.56. The zero-order chi connectivity index (χ0) is 37.2. The fourth-order valence-electron chi connectivity index (χ4n) is 5.04. The number of hydrogen-bond acceptors (Lipinski definition) is 16. The minimum atomic E-state index is -5.32. The number of ketones is 1. The fourth-order valence-corrected chi connectivity index (χ4v) is 6.35. The van der Waals surface area contributed by atoms with Crippen LogP contribution in [0.5, 0.6) is 0 Å². The predicted molar refractivity (Wildman–Crippen MR) is 194 cm³/mol. The number of benzene rings is 5. The number of anilines is 4. The molecule has 0 atom stereocenters. The van der Waals surface area contributed by atoms with Crippen molar-refractivity contribution in [3.05, 3.63) is 119 Å². The summed E-state index contributed by atoms with van der Waals surface area (Å²) in [6, 6.07) is 27.4. The summed E-state index contributed by atoms with van der Waals surface area (Å²) in [6.07, 6.45) is 0.723. The first-order valence-electron chi connectivity index (χ1n) is 14.9. The Labute approximate surface area is 353 Å². The molecule has 0 aliphatic heterocycles. The summed E-state index contributed by atoms with van der Waals surface area (Å²) in [4.78, 5) is 11.6. The van der Waals surface area contributed by atoms with Gasteiger partial charge in [0.25, 0.3) is 0 Å². The van der Waals surface area contributed by atoms with Gasteiger partial charge >= 0.3 is 59.1 Å². The number of hydrogen-bond donors (Lipinski definition) is 4. The Hall–Kier alpha value is -4.60. The van der Waals surface area contributed by atoms with E-state index in [1.54, 1.807) is 84.9 Å². The molecule has 0 bridgehead atoms. The number of azo groups is 2. The van der Waals surface area contributed by atoms with Gasteiger partial charge in [-0.25, -0.2) is 16.8 Å². The Morgan fingerprint density at radius 1 is 0.648 bits per heavy atom. The molecule has 1 aliphatic rings. The topological polar surface area (TPSA) is 283 Å². The van der Waals surface area contributed by atoms with E-state index in [9.17, 15) is 30.7 Å². The van der Waals surface area contributed by atoms with Crippen LogP contribution in [-0.4, -0.2) is 37.4 Å². The third kappa shape index (κ3) is 9.54. The molecule has 0 saturated carbocycles. The summed E-state index contributed by atoms with van der Waals surface area (Å²) < 4.78 is 73.3. The average molecular weight is 782 g/mol. The molecule has 0 fully saturated rings. The largest absolute Gasteiger partial charge is 1.00 e. The van der Waals surface area contributed by atoms with Gasteiger partial charge in [-0.2, -0.15) is 15.3 Å². The Morgan fingerprint density at radius 3 is 1.76 bits per heavy atom. The van der Waals surface area contributed by atoms with Gasteiger partial charge in [0.05, 0.1) is 43.8 Å². The summed E-state index contributed by atoms with van der Waals surface area (Å²) in [6.45, 7) is 0. The smallest absolute Gasteiger partial charge is 0.744 e. The maximum atomic E-state index is 13.6. The van der Waals surface area contributed by atoms with Crippen molar-refractivity contribution < 1.29 is 89.9 Å². The van der Waals surface area contributed by atoms with Crippen LogP contribution in [0.3, 0.4) is 0 Å². The molecule has 7 N–H and O–H groups in total. The van der Waals surface area contributed by atoms with Crippen LogP contribution in [0.2, 0.25) is 0 Å². The van der Waals surface area contributed by atoms with Crippen LogP contribution < -0.4 is 81.7 Å². The van der Waals surface area contributed by atoms with E-state index in [2.05, 4.69) is 31.0 Å². The Bertz CT molecular complexity index is 2590. The molecule has 0 unspecified atom stereocenters. The molecule has 0 amide bonds. The molecule has 0 heterocycles. The number of Topliss-reactive ketones (excluding diaryl/α,β-unsaturated/α-hetero) is 1. The van der Waals surface area contributed by atoms with Gasteiger partial charge < -0.3 is 26.3 Å². The number of rotatable bonds is 9. The van der Waals surface area contributed by atoms with Gasteiger partial charge in [-0.1, -0.05) is 42.5 Å². The zero-order valence-corrected chi connectivity index (χ0v) is 34.2. The number of fused-ring (bicyclic) bond motifs is 1. The quantitative estimate of drug-likeness (QED) is 0.0522. The molecule has 16 nitrogen and oxygen atoms in total. The van der Waals surface area contributed by atoms with Crippen LogP contribution in [0.1, 0.15) is 15.9 Å². The van der Waals surface area contributed by atoms with Crippen LogP contribution in [0, 0.1) is 0 Å². The van der Waals surface area contributed by atoms with E-state index in [1.165, 1.54) is 0 Å². The summed E-state index contributed by atoms with van der Waals surface area (Å²) in [5.74, 6) is -1.13. The number of nitrogens with one attached hydrogen (secondary N) is 1. The summed E-state index contributed by atoms with van der Waals surface area (Å²) in [5.41, 5.74) is 21.6. The van der Waals surface area contributed by atoms with Crippen molar-refractivity contribution in [2.75, 3.05) is 22.6 Å². The SMILES string of the molecule is Nc1ccc(N=Nc2ccc(-c3ccc(N=Nc4c(S(=O)(=O)[O-])cc5c(c4N)C(=O)/C(=N\Nc4ccccc4)C(S(=O)(=O)[O-])=C5)cc3)cc2)c(N)c1.[Na+].[Na+]. The van der Waals surface area contributed by atoms with Gasteiger partial charge in [0.15, 0.2) is 0 Å². The van der Waals surface area contributed by atoms with E-state index in [1.807, 2.05) is 12.1 Å². The van der Waals surface area contributed by atoms with E-state index >= 15 is 0 Å². The maximum absolute atomic E-state index is 13.6. The standard InChI is InChI=1S/C34H27N9O7S2.2Na/c35-22-10-15-27(26(36)18-22)41-38-24-11-6-19(7-12-24)20-8-13-25(14-9-20)40-42-32-28(51(45,46)47)16-21-17-29(52(48,49)50)33(34(44)30(21)31(32)37)43-39-23-4-2-1-3-5-23;;/h1-18,39H,35-37H2,(H,45,46,47)(H,48,49,50);;/q;2*+1/p-2/b41-38?,42-40?,43-33-;;. The Kier molecular flexibility index (Phi) is 13.5. The molecule has 1 aliphatic carbocycles. The van der Waals surface area contributed by atoms with Crippen LogP contribution in [0.4, 0.5) is 45.5 Å². The number of para-hydroxylation sites is 1. The van der Waals surface area contributed by atoms with Gasteiger partial charge in [-0.15, -0.1) is 10.2 Å². The molecular weight excluding hydrogens is 757 g/mol. The molecule has 54 heavy (non-hydrogen) atoms. The summed E-state index contributed by atoms with van der Waals surface area (Å²) in [7, 11) is -10.6. The van der Waals surface area contributed by atoms with E-state index in [-0.39, 0.29) is 64.8 Å². The first-order valence-corrected chi connectivity index (χ1v) is 17.7. The van der Waals surface area contributed by atoms with Gasteiger partial charge in [-0.3, -0.25) is 10.2 Å². The molecule has 20 heteroatoms. The molecule has 0 radical (unpaired) electrons. The van der Waals surface area contributed by atoms with Gasteiger partial charge in [0.1, 0.15) is 37.3 Å². The second-order valence-corrected chi connectivity index (χ2v) is 13.8. The van der Waals surface area contributed by atoms with E-state index in [4.69, 9.17) is 17.2 Å². The number of carbonyl (C=O) groups excluding carboxylic acids is 1. The molecule has 0 spiro atoms.